The molecule has 19 heavy (non-hydrogen) atoms. The number of benzene rings is 1. The monoisotopic (exact) mass is 255 g/mol. The molecule has 1 aliphatic rings. The molecule has 0 spiro atoms. The third-order valence-corrected chi connectivity index (χ3v) is 3.55. The Labute approximate surface area is 112 Å². The Kier molecular flexibility index (Phi) is 3.17. The first-order chi connectivity index (χ1) is 9.28. The van der Waals surface area contributed by atoms with E-state index in [1.165, 1.54) is 11.1 Å². The van der Waals surface area contributed by atoms with Gasteiger partial charge in [0.2, 0.25) is 0 Å². The molecule has 1 N–H and O–H groups in total. The summed E-state index contributed by atoms with van der Waals surface area (Å²) in [7, 11) is 1.76. The number of methoxy groups -OCH3 is 1. The number of nitrogens with zero attached hydrogens (tertiary/aromatic N) is 2. The lowest BCUT2D eigenvalue weighted by molar-refractivity contribution is 0.0957. The van der Waals surface area contributed by atoms with Gasteiger partial charge in [-0.15, -0.1) is 0 Å². The van der Waals surface area contributed by atoms with Crippen LogP contribution in [0.2, 0.25) is 0 Å². The molecule has 0 bridgehead atoms. The number of aryl methyl sites for hydroxylation is 1. The van der Waals surface area contributed by atoms with E-state index < -0.39 is 0 Å². The second kappa shape index (κ2) is 4.97. The first-order valence-corrected chi connectivity index (χ1v) is 6.44. The van der Waals surface area contributed by atoms with Gasteiger partial charge in [0, 0.05) is 7.11 Å². The number of nitrogens with one attached hydrogen (secondary N) is 1. The maximum absolute atomic E-state index is 5.65. The molecule has 0 unspecified atom stereocenters. The third kappa shape index (κ3) is 2.31. The normalized spacial score (nSPS) is 21.2. The lowest BCUT2D eigenvalue weighted by Gasteiger charge is -2.21. The Hall–Kier alpha value is -1.94. The molecule has 4 heteroatoms. The number of hydrogen-bond acceptors (Lipinski definition) is 4. The number of aromatic nitrogens is 2. The van der Waals surface area contributed by atoms with Crippen LogP contribution in [-0.2, 0) is 11.2 Å². The Bertz CT molecular complexity index is 585. The van der Waals surface area contributed by atoms with E-state index in [9.17, 15) is 0 Å². The van der Waals surface area contributed by atoms with Crippen molar-refractivity contribution in [1.29, 1.82) is 0 Å². The summed E-state index contributed by atoms with van der Waals surface area (Å²) >= 11 is 0. The Morgan fingerprint density at radius 2 is 2.16 bits per heavy atom. The molecule has 1 aliphatic carbocycles. The Morgan fingerprint density at radius 3 is 2.95 bits per heavy atom. The molecular weight excluding hydrogens is 238 g/mol. The minimum atomic E-state index is 0.0877. The largest absolute Gasteiger partial charge is 0.378 e. The van der Waals surface area contributed by atoms with E-state index in [4.69, 9.17) is 4.74 Å². The molecule has 1 aromatic heterocycles. The van der Waals surface area contributed by atoms with Crippen LogP contribution in [-0.4, -0.2) is 23.3 Å². The van der Waals surface area contributed by atoms with Crippen LogP contribution in [0.1, 0.15) is 22.9 Å². The summed E-state index contributed by atoms with van der Waals surface area (Å²) in [5.41, 5.74) is 4.54. The van der Waals surface area contributed by atoms with E-state index >= 15 is 0 Å². The molecule has 2 aromatic rings. The summed E-state index contributed by atoms with van der Waals surface area (Å²) in [4.78, 5) is 0. The average molecular weight is 255 g/mol. The van der Waals surface area contributed by atoms with Gasteiger partial charge in [-0.2, -0.15) is 10.2 Å². The molecule has 1 aromatic carbocycles. The molecule has 0 saturated heterocycles. The van der Waals surface area contributed by atoms with Crippen LogP contribution < -0.4 is 5.32 Å². The maximum Gasteiger partial charge on any atom is 0.103 e. The predicted molar refractivity (Wildman–Crippen MR) is 74.1 cm³/mol. The topological polar surface area (TPSA) is 47.0 Å². The lowest BCUT2D eigenvalue weighted by Crippen LogP contribution is -2.25. The predicted octanol–water partition coefficient (Wildman–Crippen LogP) is 2.51. The molecule has 98 valence electrons. The third-order valence-electron chi connectivity index (χ3n) is 3.55. The van der Waals surface area contributed by atoms with E-state index in [2.05, 4.69) is 39.8 Å². The lowest BCUT2D eigenvalue weighted by atomic mass is 10.1. The number of fused-ring (bicyclic) bond motifs is 1. The summed E-state index contributed by atoms with van der Waals surface area (Å²) in [5.74, 6) is 0. The van der Waals surface area contributed by atoms with Gasteiger partial charge in [-0.05, 0) is 30.5 Å². The van der Waals surface area contributed by atoms with Crippen LogP contribution in [0.15, 0.2) is 36.5 Å². The smallest absolute Gasteiger partial charge is 0.103 e. The van der Waals surface area contributed by atoms with Crippen molar-refractivity contribution in [2.45, 2.75) is 25.5 Å². The van der Waals surface area contributed by atoms with Gasteiger partial charge in [-0.1, -0.05) is 24.3 Å². The summed E-state index contributed by atoms with van der Waals surface area (Å²) in [6.07, 6.45) is 2.81. The fourth-order valence-electron chi connectivity index (χ4n) is 2.74. The summed E-state index contributed by atoms with van der Waals surface area (Å²) < 4.78 is 5.65. The molecule has 0 aliphatic heterocycles. The molecule has 1 heterocycles. The Balaban J connectivity index is 1.83. The highest BCUT2D eigenvalue weighted by atomic mass is 16.5. The maximum atomic E-state index is 5.65. The van der Waals surface area contributed by atoms with Gasteiger partial charge in [-0.3, -0.25) is 0 Å². The van der Waals surface area contributed by atoms with Crippen LogP contribution >= 0.6 is 0 Å². The van der Waals surface area contributed by atoms with E-state index in [0.29, 0.717) is 0 Å². The highest BCUT2D eigenvalue weighted by Gasteiger charge is 2.32. The first kappa shape index (κ1) is 12.1. The van der Waals surface area contributed by atoms with Gasteiger partial charge >= 0.3 is 0 Å². The van der Waals surface area contributed by atoms with E-state index in [0.717, 1.165) is 17.8 Å². The minimum absolute atomic E-state index is 0.0877. The zero-order chi connectivity index (χ0) is 13.2. The number of rotatable bonds is 3. The number of anilines is 1. The van der Waals surface area contributed by atoms with Gasteiger partial charge in [0.05, 0.1) is 23.6 Å². The standard InChI is InChI=1S/C15H17N3O/c1-10-7-12(9-16-18-10)17-14-8-11-5-3-4-6-13(11)15(14)19-2/h3-7,9,14-15H,8H2,1-2H3,(H,17,18)/t14-,15+/m1/s1. The number of hydrogen-bond donors (Lipinski definition) is 1. The molecule has 0 saturated carbocycles. The van der Waals surface area contributed by atoms with E-state index in [-0.39, 0.29) is 12.1 Å². The molecule has 0 fully saturated rings. The van der Waals surface area contributed by atoms with Crippen LogP contribution in [0.4, 0.5) is 5.69 Å². The van der Waals surface area contributed by atoms with Crippen molar-refractivity contribution in [3.63, 3.8) is 0 Å². The molecule has 3 rings (SSSR count). The van der Waals surface area contributed by atoms with Crippen molar-refractivity contribution in [3.8, 4) is 0 Å². The SMILES string of the molecule is CO[C@H]1c2ccccc2C[C@H]1Nc1cnnc(C)c1. The van der Waals surface area contributed by atoms with Crippen LogP contribution in [0.5, 0.6) is 0 Å². The van der Waals surface area contributed by atoms with Crippen molar-refractivity contribution in [2.24, 2.45) is 0 Å². The van der Waals surface area contributed by atoms with E-state index in [1.54, 1.807) is 13.3 Å². The van der Waals surface area contributed by atoms with Gasteiger partial charge in [0.25, 0.3) is 0 Å². The highest BCUT2D eigenvalue weighted by Crippen LogP contribution is 2.35. The van der Waals surface area contributed by atoms with Crippen molar-refractivity contribution in [2.75, 3.05) is 12.4 Å². The first-order valence-electron chi connectivity index (χ1n) is 6.44. The summed E-state index contributed by atoms with van der Waals surface area (Å²) in [6, 6.07) is 10.7. The van der Waals surface area contributed by atoms with E-state index in [1.807, 2.05) is 13.0 Å². The second-order valence-electron chi connectivity index (χ2n) is 4.90. The van der Waals surface area contributed by atoms with Crippen LogP contribution in [0.3, 0.4) is 0 Å². The summed E-state index contributed by atoms with van der Waals surface area (Å²) in [5, 5.41) is 11.4. The zero-order valence-electron chi connectivity index (χ0n) is 11.1. The second-order valence-corrected chi connectivity index (χ2v) is 4.90. The highest BCUT2D eigenvalue weighted by molar-refractivity contribution is 5.46. The fourth-order valence-corrected chi connectivity index (χ4v) is 2.74. The van der Waals surface area contributed by atoms with Crippen molar-refractivity contribution < 1.29 is 4.74 Å². The molecule has 2 atom stereocenters. The van der Waals surface area contributed by atoms with Crippen molar-refractivity contribution in [3.05, 3.63) is 53.3 Å². The molecule has 4 nitrogen and oxygen atoms in total. The van der Waals surface area contributed by atoms with Gasteiger partial charge in [0.1, 0.15) is 6.10 Å². The van der Waals surface area contributed by atoms with Gasteiger partial charge in [-0.25, -0.2) is 0 Å². The quantitative estimate of drug-likeness (QED) is 0.915. The van der Waals surface area contributed by atoms with Crippen LogP contribution in [0.25, 0.3) is 0 Å². The van der Waals surface area contributed by atoms with Gasteiger partial charge in [0.15, 0.2) is 0 Å². The minimum Gasteiger partial charge on any atom is -0.378 e. The average Bonchev–Trinajstić information content (AvgIpc) is 2.75. The fraction of sp³-hybridized carbons (Fsp3) is 0.333. The van der Waals surface area contributed by atoms with Gasteiger partial charge < -0.3 is 10.1 Å². The molecule has 0 radical (unpaired) electrons. The zero-order valence-corrected chi connectivity index (χ0v) is 11.1. The molecule has 0 amide bonds. The van der Waals surface area contributed by atoms with Crippen molar-refractivity contribution >= 4 is 5.69 Å². The number of ether oxygens (including phenoxy) is 1. The summed E-state index contributed by atoms with van der Waals surface area (Å²) in [6.45, 7) is 1.94. The van der Waals surface area contributed by atoms with Crippen molar-refractivity contribution in [1.82, 2.24) is 10.2 Å². The van der Waals surface area contributed by atoms with Crippen LogP contribution in [0, 0.1) is 6.92 Å². The molecular formula is C15H17N3O. The Morgan fingerprint density at radius 1 is 1.32 bits per heavy atom.